The topological polar surface area (TPSA) is 47.9 Å². The van der Waals surface area contributed by atoms with Gasteiger partial charge in [0.05, 0.1) is 5.84 Å². The second-order valence-corrected chi connectivity index (χ2v) is 12.8. The van der Waals surface area contributed by atoms with E-state index in [4.69, 9.17) is 4.99 Å². The van der Waals surface area contributed by atoms with E-state index in [1.807, 2.05) is 0 Å². The van der Waals surface area contributed by atoms with Crippen molar-refractivity contribution in [1.29, 1.82) is 0 Å². The molecule has 4 saturated carbocycles. The van der Waals surface area contributed by atoms with Crippen LogP contribution >= 0.6 is 0 Å². The highest BCUT2D eigenvalue weighted by molar-refractivity contribution is 5.82. The van der Waals surface area contributed by atoms with Crippen LogP contribution in [0.25, 0.3) is 0 Å². The van der Waals surface area contributed by atoms with Gasteiger partial charge in [-0.2, -0.15) is 0 Å². The number of carbonyl (C=O) groups excluding carboxylic acids is 1. The maximum atomic E-state index is 12.6. The highest BCUT2D eigenvalue weighted by atomic mass is 16.1. The minimum atomic E-state index is 0.118. The zero-order valence-corrected chi connectivity index (χ0v) is 22.6. The molecule has 4 atom stereocenters. The van der Waals surface area contributed by atoms with E-state index in [1.54, 1.807) is 0 Å². The van der Waals surface area contributed by atoms with Crippen molar-refractivity contribution in [3.05, 3.63) is 0 Å². The summed E-state index contributed by atoms with van der Waals surface area (Å²) in [7, 11) is 0. The Morgan fingerprint density at radius 1 is 0.886 bits per heavy atom. The summed E-state index contributed by atoms with van der Waals surface area (Å²) in [6, 6.07) is 1.27. The van der Waals surface area contributed by atoms with Gasteiger partial charge in [0.25, 0.3) is 0 Å². The highest BCUT2D eigenvalue weighted by Crippen LogP contribution is 2.42. The number of nitrogens with zero attached hydrogens (tertiary/aromatic N) is 3. The van der Waals surface area contributed by atoms with Gasteiger partial charge in [0.2, 0.25) is 5.91 Å². The molecule has 5 heteroatoms. The molecule has 1 saturated heterocycles. The van der Waals surface area contributed by atoms with E-state index in [0.29, 0.717) is 6.04 Å². The number of piperazine rings is 1. The third kappa shape index (κ3) is 7.23. The Kier molecular flexibility index (Phi) is 9.07. The maximum Gasteiger partial charge on any atom is 0.223 e. The van der Waals surface area contributed by atoms with Crippen LogP contribution in [0.15, 0.2) is 4.99 Å². The molecule has 0 bridgehead atoms. The second kappa shape index (κ2) is 12.4. The lowest BCUT2D eigenvalue weighted by Crippen LogP contribution is -2.53. The molecule has 1 N–H and O–H groups in total. The monoisotopic (exact) mass is 484 g/mol. The van der Waals surface area contributed by atoms with Crippen molar-refractivity contribution in [3.63, 3.8) is 0 Å². The summed E-state index contributed by atoms with van der Waals surface area (Å²) in [6.45, 7) is 7.86. The fourth-order valence-corrected chi connectivity index (χ4v) is 7.51. The summed E-state index contributed by atoms with van der Waals surface area (Å²) in [6.07, 6.45) is 21.1. The predicted octanol–water partition coefficient (Wildman–Crippen LogP) is 5.64. The minimum absolute atomic E-state index is 0.118. The molecule has 0 aromatic carbocycles. The number of rotatable bonds is 9. The first kappa shape index (κ1) is 25.5. The van der Waals surface area contributed by atoms with Crippen LogP contribution in [0, 0.1) is 23.7 Å². The molecule has 0 aromatic rings. The Labute approximate surface area is 214 Å². The lowest BCUT2D eigenvalue weighted by atomic mass is 9.69. The van der Waals surface area contributed by atoms with Gasteiger partial charge in [-0.15, -0.1) is 0 Å². The Bertz CT molecular complexity index is 705. The Balaban J connectivity index is 1.07. The Morgan fingerprint density at radius 3 is 2.34 bits per heavy atom. The average Bonchev–Trinajstić information content (AvgIpc) is 3.59. The van der Waals surface area contributed by atoms with Crippen LogP contribution in [0.4, 0.5) is 0 Å². The van der Waals surface area contributed by atoms with Gasteiger partial charge in [-0.3, -0.25) is 14.7 Å². The summed E-state index contributed by atoms with van der Waals surface area (Å²) in [5, 5.41) is 3.30. The van der Waals surface area contributed by atoms with E-state index in [0.717, 1.165) is 62.7 Å². The van der Waals surface area contributed by atoms with Crippen molar-refractivity contribution in [2.24, 2.45) is 28.7 Å². The number of hydrogen-bond donors (Lipinski definition) is 1. The molecular weight excluding hydrogens is 432 g/mol. The molecule has 1 amide bonds. The third-order valence-electron chi connectivity index (χ3n) is 10.1. The SMILES string of the molecule is CC(CCCC(=NCC1CC1)N1CCN(C2CCC3CCCCC3C2)CC1)C(=O)NC1CCCC1. The van der Waals surface area contributed by atoms with Gasteiger partial charge < -0.3 is 10.2 Å². The van der Waals surface area contributed by atoms with E-state index < -0.39 is 0 Å². The summed E-state index contributed by atoms with van der Waals surface area (Å²) < 4.78 is 0. The predicted molar refractivity (Wildman–Crippen MR) is 145 cm³/mol. The van der Waals surface area contributed by atoms with Crippen LogP contribution in [0.3, 0.4) is 0 Å². The molecule has 5 nitrogen and oxygen atoms in total. The average molecular weight is 485 g/mol. The van der Waals surface area contributed by atoms with E-state index >= 15 is 0 Å². The van der Waals surface area contributed by atoms with Crippen LogP contribution in [-0.2, 0) is 4.79 Å². The van der Waals surface area contributed by atoms with Gasteiger partial charge in [-0.05, 0) is 75.5 Å². The minimum Gasteiger partial charge on any atom is -0.358 e. The number of amidine groups is 1. The molecule has 198 valence electrons. The fourth-order valence-electron chi connectivity index (χ4n) is 7.51. The third-order valence-corrected chi connectivity index (χ3v) is 10.1. The molecule has 4 unspecified atom stereocenters. The number of hydrogen-bond acceptors (Lipinski definition) is 3. The molecule has 4 aliphatic carbocycles. The summed E-state index contributed by atoms with van der Waals surface area (Å²) in [4.78, 5) is 23.2. The Hall–Kier alpha value is -1.10. The zero-order chi connectivity index (χ0) is 24.0. The van der Waals surface area contributed by atoms with Crippen LogP contribution < -0.4 is 5.32 Å². The smallest absolute Gasteiger partial charge is 0.223 e. The summed E-state index contributed by atoms with van der Waals surface area (Å²) in [5.41, 5.74) is 0. The number of fused-ring (bicyclic) bond motifs is 1. The van der Waals surface area contributed by atoms with Gasteiger partial charge >= 0.3 is 0 Å². The van der Waals surface area contributed by atoms with Crippen molar-refractivity contribution in [1.82, 2.24) is 15.1 Å². The fraction of sp³-hybridized carbons (Fsp3) is 0.933. The van der Waals surface area contributed by atoms with E-state index in [1.165, 1.54) is 102 Å². The van der Waals surface area contributed by atoms with Gasteiger partial charge in [0, 0.05) is 57.1 Å². The second-order valence-electron chi connectivity index (χ2n) is 12.8. The zero-order valence-electron chi connectivity index (χ0n) is 22.6. The number of carbonyl (C=O) groups is 1. The molecule has 0 aromatic heterocycles. The van der Waals surface area contributed by atoms with Crippen molar-refractivity contribution in [2.75, 3.05) is 32.7 Å². The molecule has 5 fully saturated rings. The molecular formula is C30H52N4O. The first-order valence-electron chi connectivity index (χ1n) is 15.5. The molecule has 35 heavy (non-hydrogen) atoms. The Morgan fingerprint density at radius 2 is 1.60 bits per heavy atom. The number of nitrogens with one attached hydrogen (secondary N) is 1. The van der Waals surface area contributed by atoms with Crippen LogP contribution in [0.1, 0.15) is 110 Å². The van der Waals surface area contributed by atoms with E-state index in [9.17, 15) is 4.79 Å². The normalized spacial score (nSPS) is 31.9. The molecule has 5 aliphatic rings. The van der Waals surface area contributed by atoms with Crippen molar-refractivity contribution < 1.29 is 4.79 Å². The molecule has 1 aliphatic heterocycles. The standard InChI is InChI=1S/C30H52N4O/c1-23(30(35)32-27-10-4-5-11-27)7-6-12-29(31-22-24-13-14-24)34-19-17-33(18-20-34)28-16-15-25-8-2-3-9-26(25)21-28/h23-28H,2-22H2,1H3,(H,32,35). The molecule has 0 radical (unpaired) electrons. The lowest BCUT2D eigenvalue weighted by Gasteiger charge is -2.46. The lowest BCUT2D eigenvalue weighted by molar-refractivity contribution is -0.125. The van der Waals surface area contributed by atoms with Crippen molar-refractivity contribution >= 4 is 11.7 Å². The van der Waals surface area contributed by atoms with Gasteiger partial charge in [0.1, 0.15) is 0 Å². The summed E-state index contributed by atoms with van der Waals surface area (Å²) in [5.74, 6) is 4.64. The van der Waals surface area contributed by atoms with Gasteiger partial charge in [-0.25, -0.2) is 0 Å². The quantitative estimate of drug-likeness (QED) is 0.340. The number of amides is 1. The summed E-state index contributed by atoms with van der Waals surface area (Å²) >= 11 is 0. The molecule has 5 rings (SSSR count). The van der Waals surface area contributed by atoms with Gasteiger partial charge in [-0.1, -0.05) is 45.4 Å². The maximum absolute atomic E-state index is 12.6. The largest absolute Gasteiger partial charge is 0.358 e. The first-order chi connectivity index (χ1) is 17.2. The van der Waals surface area contributed by atoms with Gasteiger partial charge in [0.15, 0.2) is 0 Å². The molecule has 0 spiro atoms. The molecule has 1 heterocycles. The van der Waals surface area contributed by atoms with Crippen LogP contribution in [0.5, 0.6) is 0 Å². The van der Waals surface area contributed by atoms with Crippen LogP contribution in [-0.4, -0.2) is 66.4 Å². The van der Waals surface area contributed by atoms with E-state index in [2.05, 4.69) is 22.0 Å². The first-order valence-corrected chi connectivity index (χ1v) is 15.5. The van der Waals surface area contributed by atoms with E-state index in [-0.39, 0.29) is 11.8 Å². The number of aliphatic imine (C=N–C) groups is 1. The highest BCUT2D eigenvalue weighted by Gasteiger charge is 2.35. The van der Waals surface area contributed by atoms with Crippen molar-refractivity contribution in [3.8, 4) is 0 Å². The van der Waals surface area contributed by atoms with Crippen molar-refractivity contribution in [2.45, 2.75) is 122 Å². The van der Waals surface area contributed by atoms with Crippen LogP contribution in [0.2, 0.25) is 0 Å².